The minimum Gasteiger partial charge on any atom is -0.373 e. The van der Waals surface area contributed by atoms with Crippen LogP contribution < -0.4 is 0 Å². The zero-order valence-electron chi connectivity index (χ0n) is 18.0. The zero-order valence-corrected chi connectivity index (χ0v) is 18.0. The van der Waals surface area contributed by atoms with Crippen LogP contribution in [0.25, 0.3) is 0 Å². The normalized spacial score (nSPS) is 24.1. The van der Waals surface area contributed by atoms with Gasteiger partial charge in [0.05, 0.1) is 19.0 Å². The summed E-state index contributed by atoms with van der Waals surface area (Å²) in [4.78, 5) is 15.2. The van der Waals surface area contributed by atoms with E-state index in [4.69, 9.17) is 9.26 Å². The van der Waals surface area contributed by atoms with Crippen molar-refractivity contribution in [1.29, 1.82) is 0 Å². The van der Waals surface area contributed by atoms with Crippen LogP contribution in [0.4, 0.5) is 0 Å². The van der Waals surface area contributed by atoms with Crippen molar-refractivity contribution in [3.8, 4) is 0 Å². The van der Waals surface area contributed by atoms with Gasteiger partial charge in [0.15, 0.2) is 11.6 Å². The van der Waals surface area contributed by atoms with Gasteiger partial charge < -0.3 is 14.2 Å². The Morgan fingerprint density at radius 2 is 1.97 bits per heavy atom. The van der Waals surface area contributed by atoms with Gasteiger partial charge in [-0.05, 0) is 50.2 Å². The van der Waals surface area contributed by atoms with Gasteiger partial charge >= 0.3 is 0 Å². The molecular weight excluding hydrogens is 390 g/mol. The maximum absolute atomic E-state index is 6.06. The van der Waals surface area contributed by atoms with Crippen molar-refractivity contribution < 1.29 is 9.26 Å². The summed E-state index contributed by atoms with van der Waals surface area (Å²) in [6, 6.07) is 8.90. The minimum absolute atomic E-state index is 0.0829. The summed E-state index contributed by atoms with van der Waals surface area (Å²) in [6.07, 6.45) is 7.02. The van der Waals surface area contributed by atoms with E-state index in [0.29, 0.717) is 30.7 Å². The first-order valence-corrected chi connectivity index (χ1v) is 10.9. The number of nitrogens with zero attached hydrogens (tertiary/aromatic N) is 5. The van der Waals surface area contributed by atoms with Crippen LogP contribution in [0.1, 0.15) is 73.9 Å². The van der Waals surface area contributed by atoms with E-state index in [0.717, 1.165) is 23.6 Å². The Bertz CT molecular complexity index is 1060. The molecule has 1 aromatic carbocycles. The van der Waals surface area contributed by atoms with Crippen molar-refractivity contribution in [3.63, 3.8) is 0 Å². The fourth-order valence-electron chi connectivity index (χ4n) is 4.11. The van der Waals surface area contributed by atoms with Crippen molar-refractivity contribution in [2.45, 2.75) is 57.6 Å². The molecule has 7 nitrogen and oxygen atoms in total. The Hall–Kier alpha value is -3.06. The fourth-order valence-corrected chi connectivity index (χ4v) is 4.11. The van der Waals surface area contributed by atoms with E-state index in [-0.39, 0.29) is 12.0 Å². The average Bonchev–Trinajstić information content (AvgIpc) is 3.33. The number of ether oxygens (including phenoxy) is 1. The SMILES string of the molecule is C=C1C(C)=C(/N=C\C)N=CN1Cc1nc([C@@H]2CO[C@@H](c3ccc(C4CC4)cc3)C2)no1. The summed E-state index contributed by atoms with van der Waals surface area (Å²) in [5, 5.41) is 4.22. The van der Waals surface area contributed by atoms with Crippen LogP contribution in [0.15, 0.2) is 62.4 Å². The van der Waals surface area contributed by atoms with Gasteiger partial charge in [0.25, 0.3) is 0 Å². The van der Waals surface area contributed by atoms with Crippen LogP contribution in [0, 0.1) is 0 Å². The lowest BCUT2D eigenvalue weighted by Crippen LogP contribution is -2.24. The minimum atomic E-state index is 0.0829. The third-order valence-electron chi connectivity index (χ3n) is 6.19. The Morgan fingerprint density at radius 3 is 2.71 bits per heavy atom. The van der Waals surface area contributed by atoms with Gasteiger partial charge in [0.1, 0.15) is 6.54 Å². The third kappa shape index (κ3) is 4.10. The molecule has 31 heavy (non-hydrogen) atoms. The fraction of sp³-hybridized carbons (Fsp3) is 0.417. The van der Waals surface area contributed by atoms with Gasteiger partial charge in [-0.15, -0.1) is 0 Å². The van der Waals surface area contributed by atoms with E-state index in [1.165, 1.54) is 24.0 Å². The Morgan fingerprint density at radius 1 is 1.19 bits per heavy atom. The summed E-state index contributed by atoms with van der Waals surface area (Å²) in [6.45, 7) is 9.00. The number of aliphatic imine (C=N–C) groups is 2. The summed E-state index contributed by atoms with van der Waals surface area (Å²) in [7, 11) is 0. The number of allylic oxidation sites excluding steroid dienone is 1. The molecule has 3 aliphatic rings. The Kier molecular flexibility index (Phi) is 5.28. The van der Waals surface area contributed by atoms with Gasteiger partial charge in [0.2, 0.25) is 5.89 Å². The third-order valence-corrected chi connectivity index (χ3v) is 6.19. The molecule has 1 aromatic heterocycles. The molecule has 5 rings (SSSR count). The van der Waals surface area contributed by atoms with Crippen LogP contribution >= 0.6 is 0 Å². The number of rotatable bonds is 6. The number of hydrogen-bond acceptors (Lipinski definition) is 7. The highest BCUT2D eigenvalue weighted by molar-refractivity contribution is 5.66. The second-order valence-corrected chi connectivity index (χ2v) is 8.40. The van der Waals surface area contributed by atoms with Gasteiger partial charge in [0, 0.05) is 23.4 Å². The first-order chi connectivity index (χ1) is 15.1. The largest absolute Gasteiger partial charge is 0.373 e. The summed E-state index contributed by atoms with van der Waals surface area (Å²) < 4.78 is 11.6. The zero-order chi connectivity index (χ0) is 21.4. The predicted octanol–water partition coefficient (Wildman–Crippen LogP) is 4.87. The van der Waals surface area contributed by atoms with Gasteiger partial charge in [-0.2, -0.15) is 4.98 Å². The highest BCUT2D eigenvalue weighted by Gasteiger charge is 2.32. The molecule has 7 heteroatoms. The quantitative estimate of drug-likeness (QED) is 0.627. The molecule has 0 radical (unpaired) electrons. The number of aromatic nitrogens is 2. The van der Waals surface area contributed by atoms with E-state index in [9.17, 15) is 0 Å². The van der Waals surface area contributed by atoms with Crippen molar-refractivity contribution in [1.82, 2.24) is 15.0 Å². The molecular formula is C24H27N5O2. The van der Waals surface area contributed by atoms with Crippen molar-refractivity contribution >= 4 is 12.6 Å². The highest BCUT2D eigenvalue weighted by Crippen LogP contribution is 2.42. The van der Waals surface area contributed by atoms with Gasteiger partial charge in [-0.3, -0.25) is 0 Å². The van der Waals surface area contributed by atoms with Crippen LogP contribution in [-0.2, 0) is 11.3 Å². The average molecular weight is 418 g/mol. The molecule has 2 aliphatic heterocycles. The van der Waals surface area contributed by atoms with E-state index in [1.807, 2.05) is 18.7 Å². The maximum Gasteiger partial charge on any atom is 0.246 e. The van der Waals surface area contributed by atoms with E-state index in [2.05, 4.69) is 51.0 Å². The standard InChI is InChI=1S/C24H27N5O2/c1-4-25-23-15(2)16(3)29(14-26-23)12-22-27-24(28-31-22)20-11-21(30-13-20)19-9-7-18(8-10-19)17-5-6-17/h4,7-10,14,17,20-21H,3,5-6,11-13H2,1-2H3/b25-4-/t20-,21+/m0/s1. The van der Waals surface area contributed by atoms with Crippen LogP contribution in [0.2, 0.25) is 0 Å². The molecule has 0 bridgehead atoms. The molecule has 1 saturated heterocycles. The second kappa shape index (κ2) is 8.23. The molecule has 0 amide bonds. The van der Waals surface area contributed by atoms with Crippen molar-refractivity contribution in [3.05, 3.63) is 70.8 Å². The molecule has 0 spiro atoms. The first-order valence-electron chi connectivity index (χ1n) is 10.9. The topological polar surface area (TPSA) is 76.1 Å². The summed E-state index contributed by atoms with van der Waals surface area (Å²) >= 11 is 0. The Balaban J connectivity index is 1.21. The monoisotopic (exact) mass is 417 g/mol. The summed E-state index contributed by atoms with van der Waals surface area (Å²) in [5.74, 6) is 2.82. The second-order valence-electron chi connectivity index (χ2n) is 8.40. The van der Waals surface area contributed by atoms with Crippen molar-refractivity contribution in [2.24, 2.45) is 9.98 Å². The molecule has 0 N–H and O–H groups in total. The van der Waals surface area contributed by atoms with Crippen LogP contribution in [0.5, 0.6) is 0 Å². The van der Waals surface area contributed by atoms with Crippen LogP contribution in [0.3, 0.4) is 0 Å². The highest BCUT2D eigenvalue weighted by atomic mass is 16.5. The molecule has 2 fully saturated rings. The molecule has 2 atom stereocenters. The molecule has 3 heterocycles. The first kappa shape index (κ1) is 19.9. The molecule has 2 aromatic rings. The molecule has 160 valence electrons. The smallest absolute Gasteiger partial charge is 0.246 e. The lowest BCUT2D eigenvalue weighted by atomic mass is 9.98. The lowest BCUT2D eigenvalue weighted by molar-refractivity contribution is 0.110. The Labute approximate surface area is 182 Å². The number of benzene rings is 1. The molecule has 1 aliphatic carbocycles. The van der Waals surface area contributed by atoms with E-state index < -0.39 is 0 Å². The van der Waals surface area contributed by atoms with Gasteiger partial charge in [-0.25, -0.2) is 9.98 Å². The molecule has 1 saturated carbocycles. The van der Waals surface area contributed by atoms with E-state index in [1.54, 1.807) is 12.6 Å². The van der Waals surface area contributed by atoms with Crippen molar-refractivity contribution in [2.75, 3.05) is 6.61 Å². The summed E-state index contributed by atoms with van der Waals surface area (Å²) in [5.41, 5.74) is 4.43. The van der Waals surface area contributed by atoms with Crippen LogP contribution in [-0.4, -0.2) is 34.2 Å². The molecule has 0 unspecified atom stereocenters. The predicted molar refractivity (Wildman–Crippen MR) is 119 cm³/mol. The van der Waals surface area contributed by atoms with E-state index >= 15 is 0 Å². The van der Waals surface area contributed by atoms with Gasteiger partial charge in [-0.1, -0.05) is 36.0 Å². The lowest BCUT2D eigenvalue weighted by Gasteiger charge is -2.24. The number of hydrogen-bond donors (Lipinski definition) is 0. The maximum atomic E-state index is 6.06.